The predicted molar refractivity (Wildman–Crippen MR) is 165 cm³/mol. The highest BCUT2D eigenvalue weighted by Gasteiger charge is 2.32. The van der Waals surface area contributed by atoms with E-state index in [0.717, 1.165) is 30.3 Å². The number of pyridine rings is 2. The highest BCUT2D eigenvalue weighted by molar-refractivity contribution is 5.91. The average molecular weight is 560 g/mol. The van der Waals surface area contributed by atoms with Crippen LogP contribution in [0.1, 0.15) is 97.0 Å². The molecule has 1 saturated carbocycles. The highest BCUT2D eigenvalue weighted by atomic mass is 19.1. The first-order chi connectivity index (χ1) is 19.3. The van der Waals surface area contributed by atoms with Gasteiger partial charge in [0.2, 0.25) is 0 Å². The van der Waals surface area contributed by atoms with Crippen molar-refractivity contribution in [3.63, 3.8) is 0 Å². The number of amidine groups is 1. The number of rotatable bonds is 8. The molecule has 0 amide bonds. The fourth-order valence-electron chi connectivity index (χ4n) is 5.55. The Labute approximate surface area is 243 Å². The molecular weight excluding hydrogens is 516 g/mol. The van der Waals surface area contributed by atoms with Gasteiger partial charge < -0.3 is 5.73 Å². The van der Waals surface area contributed by atoms with Gasteiger partial charge >= 0.3 is 0 Å². The molecule has 1 aromatic carbocycles. The Balaban J connectivity index is 1.77. The van der Waals surface area contributed by atoms with Crippen molar-refractivity contribution in [3.05, 3.63) is 77.1 Å². The molecule has 2 aromatic heterocycles. The fraction of sp³-hybridized carbons (Fsp3) is 0.471. The van der Waals surface area contributed by atoms with E-state index in [4.69, 9.17) is 15.7 Å². The highest BCUT2D eigenvalue weighted by Crippen LogP contribution is 2.43. The maximum Gasteiger partial charge on any atom is 0.154 e. The monoisotopic (exact) mass is 559 g/mol. The van der Waals surface area contributed by atoms with E-state index in [1.165, 1.54) is 56.1 Å². The van der Waals surface area contributed by atoms with E-state index in [1.54, 1.807) is 6.07 Å². The van der Waals surface area contributed by atoms with E-state index in [0.29, 0.717) is 17.3 Å². The first-order valence-corrected chi connectivity index (χ1v) is 14.6. The molecule has 0 spiro atoms. The Morgan fingerprint density at radius 2 is 1.68 bits per heavy atom. The number of nitrogens with two attached hydrogens (primary N) is 1. The number of hydrogen-bond acceptors (Lipinski definition) is 3. The normalized spacial score (nSPS) is 16.3. The number of aliphatic imine (C=N–C) groups is 2. The molecule has 7 heteroatoms. The van der Waals surface area contributed by atoms with E-state index < -0.39 is 17.0 Å². The van der Waals surface area contributed by atoms with Crippen LogP contribution in [0.15, 0.2) is 58.5 Å². The van der Waals surface area contributed by atoms with Gasteiger partial charge in [-0.2, -0.15) is 0 Å². The van der Waals surface area contributed by atoms with Crippen molar-refractivity contribution in [1.82, 2.24) is 9.97 Å². The van der Waals surface area contributed by atoms with Gasteiger partial charge in [-0.1, -0.05) is 59.4 Å². The van der Waals surface area contributed by atoms with Crippen LogP contribution in [0.3, 0.4) is 0 Å². The average Bonchev–Trinajstić information content (AvgIpc) is 2.93. The molecule has 1 aliphatic rings. The molecule has 0 aliphatic heterocycles. The lowest BCUT2D eigenvalue weighted by Crippen LogP contribution is -2.28. The lowest BCUT2D eigenvalue weighted by Gasteiger charge is -2.37. The van der Waals surface area contributed by atoms with Crippen molar-refractivity contribution in [3.8, 4) is 11.3 Å². The zero-order chi connectivity index (χ0) is 29.8. The summed E-state index contributed by atoms with van der Waals surface area (Å²) in [5.41, 5.74) is 8.98. The van der Waals surface area contributed by atoms with Gasteiger partial charge in [0, 0.05) is 22.5 Å². The molecule has 5 nitrogen and oxygen atoms in total. The van der Waals surface area contributed by atoms with Crippen molar-refractivity contribution in [2.24, 2.45) is 26.5 Å². The number of aromatic nitrogens is 2. The van der Waals surface area contributed by atoms with Crippen LogP contribution in [0, 0.1) is 22.5 Å². The lowest BCUT2D eigenvalue weighted by atomic mass is 9.68. The van der Waals surface area contributed by atoms with Crippen LogP contribution >= 0.6 is 0 Å². The number of benzene rings is 1. The Bertz CT molecular complexity index is 1430. The van der Waals surface area contributed by atoms with Crippen molar-refractivity contribution in [2.75, 3.05) is 0 Å². The Kier molecular flexibility index (Phi) is 9.05. The van der Waals surface area contributed by atoms with E-state index in [2.05, 4.69) is 42.9 Å². The van der Waals surface area contributed by atoms with Crippen molar-refractivity contribution >= 4 is 18.0 Å². The maximum absolute atomic E-state index is 14.6. The second kappa shape index (κ2) is 12.2. The Morgan fingerprint density at radius 1 is 0.951 bits per heavy atom. The minimum absolute atomic E-state index is 0.257. The SMILES string of the molecule is CCC1(Cc2cc(N=CN=C(N)C(C)(C)C)nc(C(C)(C)c3cccc(-c4ccc(F)cc4F)n3)c2)CCCCC1. The van der Waals surface area contributed by atoms with Gasteiger partial charge in [0.25, 0.3) is 0 Å². The molecule has 0 atom stereocenters. The summed E-state index contributed by atoms with van der Waals surface area (Å²) in [5.74, 6) is -0.192. The molecule has 2 heterocycles. The maximum atomic E-state index is 14.6. The van der Waals surface area contributed by atoms with Crippen LogP contribution in [-0.4, -0.2) is 22.1 Å². The molecule has 0 saturated heterocycles. The quantitative estimate of drug-likeness (QED) is 0.221. The smallest absolute Gasteiger partial charge is 0.154 e. The summed E-state index contributed by atoms with van der Waals surface area (Å²) >= 11 is 0. The second-order valence-electron chi connectivity index (χ2n) is 13.0. The van der Waals surface area contributed by atoms with Crippen molar-refractivity contribution in [1.29, 1.82) is 0 Å². The third-order valence-corrected chi connectivity index (χ3v) is 8.51. The van der Waals surface area contributed by atoms with E-state index in [9.17, 15) is 8.78 Å². The number of nitrogens with zero attached hydrogens (tertiary/aromatic N) is 4. The summed E-state index contributed by atoms with van der Waals surface area (Å²) in [5, 5.41) is 0. The third kappa shape index (κ3) is 7.24. The van der Waals surface area contributed by atoms with Crippen LogP contribution in [0.2, 0.25) is 0 Å². The molecule has 0 radical (unpaired) electrons. The molecule has 0 bridgehead atoms. The van der Waals surface area contributed by atoms with Gasteiger partial charge in [0.1, 0.15) is 23.8 Å². The van der Waals surface area contributed by atoms with E-state index >= 15 is 0 Å². The first-order valence-electron chi connectivity index (χ1n) is 14.6. The molecule has 1 fully saturated rings. The van der Waals surface area contributed by atoms with Crippen LogP contribution in [-0.2, 0) is 11.8 Å². The summed E-state index contributed by atoms with van der Waals surface area (Å²) in [6, 6.07) is 13.3. The van der Waals surface area contributed by atoms with E-state index in [-0.39, 0.29) is 16.4 Å². The van der Waals surface area contributed by atoms with Gasteiger partial charge in [-0.3, -0.25) is 4.98 Å². The van der Waals surface area contributed by atoms with Crippen molar-refractivity contribution in [2.45, 2.75) is 91.9 Å². The topological polar surface area (TPSA) is 76.5 Å². The van der Waals surface area contributed by atoms with Crippen LogP contribution < -0.4 is 5.73 Å². The molecule has 0 unspecified atom stereocenters. The fourth-order valence-corrected chi connectivity index (χ4v) is 5.55. The van der Waals surface area contributed by atoms with E-state index in [1.807, 2.05) is 32.9 Å². The number of halogens is 2. The predicted octanol–water partition coefficient (Wildman–Crippen LogP) is 8.71. The lowest BCUT2D eigenvalue weighted by molar-refractivity contribution is 0.179. The Morgan fingerprint density at radius 3 is 2.34 bits per heavy atom. The summed E-state index contributed by atoms with van der Waals surface area (Å²) in [6.07, 6.45) is 9.85. The number of hydrogen-bond donors (Lipinski definition) is 1. The molecule has 2 N–H and O–H groups in total. The summed E-state index contributed by atoms with van der Waals surface area (Å²) in [7, 11) is 0. The first kappa shape index (κ1) is 30.5. The standard InChI is InChI=1S/C34H43F2N5/c1-7-34(16-9-8-10-17-34)21-23-18-29(41-30(19-23)38-22-39-31(37)32(2,3)4)33(5,6)28-13-11-12-27(40-28)25-15-14-24(35)20-26(25)36/h11-15,18-20,22H,7-10,16-17,21H2,1-6H3,(H2,37,38,39,41). The summed E-state index contributed by atoms with van der Waals surface area (Å²) in [6.45, 7) is 12.4. The minimum atomic E-state index is -0.642. The molecule has 4 rings (SSSR count). The van der Waals surface area contributed by atoms with Gasteiger partial charge in [-0.05, 0) is 80.5 Å². The molecule has 3 aromatic rings. The molecule has 41 heavy (non-hydrogen) atoms. The molecular formula is C34H43F2N5. The van der Waals surface area contributed by atoms with Crippen LogP contribution in [0.4, 0.5) is 14.6 Å². The van der Waals surface area contributed by atoms with Crippen molar-refractivity contribution < 1.29 is 8.78 Å². The minimum Gasteiger partial charge on any atom is -0.387 e. The van der Waals surface area contributed by atoms with Gasteiger partial charge in [-0.25, -0.2) is 23.7 Å². The van der Waals surface area contributed by atoms with Gasteiger partial charge in [0.15, 0.2) is 5.82 Å². The zero-order valence-electron chi connectivity index (χ0n) is 25.3. The van der Waals surface area contributed by atoms with Gasteiger partial charge in [-0.15, -0.1) is 0 Å². The summed E-state index contributed by atoms with van der Waals surface area (Å²) < 4.78 is 28.2. The molecule has 218 valence electrons. The largest absolute Gasteiger partial charge is 0.387 e. The Hall–Kier alpha value is -3.48. The second-order valence-corrected chi connectivity index (χ2v) is 13.0. The third-order valence-electron chi connectivity index (χ3n) is 8.51. The van der Waals surface area contributed by atoms with Crippen LogP contribution in [0.5, 0.6) is 0 Å². The summed E-state index contributed by atoms with van der Waals surface area (Å²) in [4.78, 5) is 18.7. The van der Waals surface area contributed by atoms with Gasteiger partial charge in [0.05, 0.1) is 17.1 Å². The molecule has 1 aliphatic carbocycles. The van der Waals surface area contributed by atoms with Crippen LogP contribution in [0.25, 0.3) is 11.3 Å². The zero-order valence-corrected chi connectivity index (χ0v) is 25.3.